The average molecular weight is 468 g/mol. The van der Waals surface area contributed by atoms with Crippen molar-refractivity contribution < 1.29 is 18.0 Å². The lowest BCUT2D eigenvalue weighted by atomic mass is 9.89. The summed E-state index contributed by atoms with van der Waals surface area (Å²) in [6, 6.07) is 7.05. The van der Waals surface area contributed by atoms with Crippen LogP contribution in [-0.2, 0) is 14.8 Å². The molecule has 2 amide bonds. The second-order valence-electron chi connectivity index (χ2n) is 8.57. The van der Waals surface area contributed by atoms with E-state index in [9.17, 15) is 18.0 Å². The van der Waals surface area contributed by atoms with Gasteiger partial charge in [-0.1, -0.05) is 31.4 Å². The minimum Gasteiger partial charge on any atom is -0.355 e. The van der Waals surface area contributed by atoms with Gasteiger partial charge in [0.25, 0.3) is 5.91 Å². The number of likely N-dealkylation sites (tertiary alicyclic amines) is 1. The summed E-state index contributed by atoms with van der Waals surface area (Å²) in [6.07, 6.45) is 8.79. The van der Waals surface area contributed by atoms with Crippen LogP contribution in [0.15, 0.2) is 29.2 Å². The normalized spacial score (nSPS) is 20.4. The van der Waals surface area contributed by atoms with Gasteiger partial charge >= 0.3 is 0 Å². The fourth-order valence-electron chi connectivity index (χ4n) is 4.34. The first-order valence-electron chi connectivity index (χ1n) is 11.1. The zero-order valence-corrected chi connectivity index (χ0v) is 19.8. The van der Waals surface area contributed by atoms with Crippen molar-refractivity contribution in [1.82, 2.24) is 14.9 Å². The van der Waals surface area contributed by atoms with Crippen LogP contribution in [0, 0.1) is 5.92 Å². The third-order valence-electron chi connectivity index (χ3n) is 5.88. The Morgan fingerprint density at radius 3 is 2.58 bits per heavy atom. The number of piperidine rings is 1. The fourth-order valence-corrected chi connectivity index (χ4v) is 6.02. The first kappa shape index (κ1) is 24.1. The van der Waals surface area contributed by atoms with E-state index >= 15 is 0 Å². The number of carbonyl (C=O) groups excluding carboxylic acids is 2. The molecule has 1 heterocycles. The van der Waals surface area contributed by atoms with Crippen molar-refractivity contribution in [1.29, 1.82) is 0 Å². The highest BCUT2D eigenvalue weighted by molar-refractivity contribution is 8.00. The van der Waals surface area contributed by atoms with E-state index in [1.54, 1.807) is 11.0 Å². The highest BCUT2D eigenvalue weighted by Gasteiger charge is 2.27. The Morgan fingerprint density at radius 1 is 1.10 bits per heavy atom. The van der Waals surface area contributed by atoms with Crippen LogP contribution in [0.5, 0.6) is 0 Å². The van der Waals surface area contributed by atoms with Crippen molar-refractivity contribution >= 4 is 33.6 Å². The summed E-state index contributed by atoms with van der Waals surface area (Å²) in [5, 5.41) is 3.04. The van der Waals surface area contributed by atoms with Gasteiger partial charge in [0.1, 0.15) is 0 Å². The molecule has 2 N–H and O–H groups in total. The van der Waals surface area contributed by atoms with E-state index in [-0.39, 0.29) is 23.6 Å². The topological polar surface area (TPSA) is 95.6 Å². The number of carbonyl (C=O) groups is 2. The van der Waals surface area contributed by atoms with Gasteiger partial charge in [0, 0.05) is 30.6 Å². The standard InChI is InChI=1S/C22H33N3O4S2/c1-31(28,29)24-18-10-7-13-25(15-18)22(27)19-11-5-6-12-20(19)30-16-21(26)23-14-17-8-3-2-4-9-17/h5-6,11-12,17-18,24H,2-4,7-10,13-16H2,1H3,(H,23,26). The van der Waals surface area contributed by atoms with E-state index in [0.717, 1.165) is 24.1 Å². The molecule has 1 unspecified atom stereocenters. The molecule has 0 spiro atoms. The Balaban J connectivity index is 1.55. The third kappa shape index (κ3) is 7.80. The molecule has 2 aliphatic rings. The summed E-state index contributed by atoms with van der Waals surface area (Å²) in [6.45, 7) is 1.69. The Labute approximate surface area is 189 Å². The zero-order chi connectivity index (χ0) is 22.3. The van der Waals surface area contributed by atoms with Crippen LogP contribution in [0.25, 0.3) is 0 Å². The van der Waals surface area contributed by atoms with E-state index in [0.29, 0.717) is 31.0 Å². The molecule has 3 rings (SSSR count). The van der Waals surface area contributed by atoms with Gasteiger partial charge in [-0.3, -0.25) is 9.59 Å². The number of thioether (sulfide) groups is 1. The van der Waals surface area contributed by atoms with Crippen LogP contribution >= 0.6 is 11.8 Å². The number of rotatable bonds is 8. The van der Waals surface area contributed by atoms with Crippen molar-refractivity contribution in [3.63, 3.8) is 0 Å². The smallest absolute Gasteiger partial charge is 0.255 e. The van der Waals surface area contributed by atoms with Crippen molar-refractivity contribution in [2.45, 2.75) is 55.9 Å². The number of nitrogens with one attached hydrogen (secondary N) is 2. The lowest BCUT2D eigenvalue weighted by Crippen LogP contribution is -2.49. The second-order valence-corrected chi connectivity index (χ2v) is 11.4. The van der Waals surface area contributed by atoms with Crippen LogP contribution in [0.2, 0.25) is 0 Å². The van der Waals surface area contributed by atoms with E-state index in [1.807, 2.05) is 18.2 Å². The number of sulfonamides is 1. The van der Waals surface area contributed by atoms with Crippen LogP contribution in [0.4, 0.5) is 0 Å². The molecule has 1 atom stereocenters. The van der Waals surface area contributed by atoms with Gasteiger partial charge in [-0.05, 0) is 43.7 Å². The Bertz CT molecular complexity index is 869. The molecule has 7 nitrogen and oxygen atoms in total. The van der Waals surface area contributed by atoms with E-state index in [1.165, 1.54) is 43.9 Å². The second kappa shape index (κ2) is 11.3. The SMILES string of the molecule is CS(=O)(=O)NC1CCCN(C(=O)c2ccccc2SCC(=O)NCC2CCCCC2)C1. The predicted octanol–water partition coefficient (Wildman–Crippen LogP) is 2.63. The Morgan fingerprint density at radius 2 is 1.84 bits per heavy atom. The van der Waals surface area contributed by atoms with Gasteiger partial charge in [-0.2, -0.15) is 0 Å². The molecule has 0 radical (unpaired) electrons. The quantitative estimate of drug-likeness (QED) is 0.573. The minimum atomic E-state index is -3.31. The summed E-state index contributed by atoms with van der Waals surface area (Å²) < 4.78 is 25.7. The number of nitrogens with zero attached hydrogens (tertiary/aromatic N) is 1. The molecule has 1 aliphatic carbocycles. The van der Waals surface area contributed by atoms with Crippen molar-refractivity contribution in [3.8, 4) is 0 Å². The molecule has 31 heavy (non-hydrogen) atoms. The van der Waals surface area contributed by atoms with Gasteiger partial charge < -0.3 is 10.2 Å². The zero-order valence-electron chi connectivity index (χ0n) is 18.1. The summed E-state index contributed by atoms with van der Waals surface area (Å²) in [5.74, 6) is 0.734. The van der Waals surface area contributed by atoms with Crippen molar-refractivity contribution in [2.24, 2.45) is 5.92 Å². The number of amides is 2. The highest BCUT2D eigenvalue weighted by Crippen LogP contribution is 2.26. The lowest BCUT2D eigenvalue weighted by molar-refractivity contribution is -0.118. The van der Waals surface area contributed by atoms with Gasteiger partial charge in [-0.15, -0.1) is 11.8 Å². The van der Waals surface area contributed by atoms with Crippen LogP contribution in [0.1, 0.15) is 55.3 Å². The van der Waals surface area contributed by atoms with E-state index in [4.69, 9.17) is 0 Å². The van der Waals surface area contributed by atoms with Crippen molar-refractivity contribution in [3.05, 3.63) is 29.8 Å². The molecular formula is C22H33N3O4S2. The first-order chi connectivity index (χ1) is 14.8. The van der Waals surface area contributed by atoms with Gasteiger partial charge in [0.2, 0.25) is 15.9 Å². The van der Waals surface area contributed by atoms with Gasteiger partial charge in [0.15, 0.2) is 0 Å². The van der Waals surface area contributed by atoms with E-state index < -0.39 is 10.0 Å². The molecule has 1 aromatic carbocycles. The number of benzene rings is 1. The monoisotopic (exact) mass is 467 g/mol. The minimum absolute atomic E-state index is 0.00628. The molecule has 0 aromatic heterocycles. The van der Waals surface area contributed by atoms with Crippen LogP contribution < -0.4 is 10.0 Å². The maximum atomic E-state index is 13.1. The Hall–Kier alpha value is -1.58. The fraction of sp³-hybridized carbons (Fsp3) is 0.636. The third-order valence-corrected chi connectivity index (χ3v) is 7.71. The molecule has 1 saturated carbocycles. The highest BCUT2D eigenvalue weighted by atomic mass is 32.2. The maximum Gasteiger partial charge on any atom is 0.255 e. The summed E-state index contributed by atoms with van der Waals surface area (Å²) >= 11 is 1.37. The van der Waals surface area contributed by atoms with Gasteiger partial charge in [-0.25, -0.2) is 13.1 Å². The molecule has 172 valence electrons. The molecular weight excluding hydrogens is 434 g/mol. The van der Waals surface area contributed by atoms with Crippen molar-refractivity contribution in [2.75, 3.05) is 31.6 Å². The average Bonchev–Trinajstić information content (AvgIpc) is 2.75. The van der Waals surface area contributed by atoms with Crippen LogP contribution in [-0.4, -0.2) is 62.8 Å². The maximum absolute atomic E-state index is 13.1. The van der Waals surface area contributed by atoms with Crippen LogP contribution in [0.3, 0.4) is 0 Å². The van der Waals surface area contributed by atoms with Gasteiger partial charge in [0.05, 0.1) is 17.6 Å². The molecule has 1 aliphatic heterocycles. The number of hydrogen-bond donors (Lipinski definition) is 2. The lowest BCUT2D eigenvalue weighted by Gasteiger charge is -2.33. The summed E-state index contributed by atoms with van der Waals surface area (Å²) in [5.41, 5.74) is 0.563. The predicted molar refractivity (Wildman–Crippen MR) is 124 cm³/mol. The first-order valence-corrected chi connectivity index (χ1v) is 13.9. The number of hydrogen-bond acceptors (Lipinski definition) is 5. The summed E-state index contributed by atoms with van der Waals surface area (Å²) in [7, 11) is -3.31. The largest absolute Gasteiger partial charge is 0.355 e. The molecule has 0 bridgehead atoms. The summed E-state index contributed by atoms with van der Waals surface area (Å²) in [4.78, 5) is 27.9. The Kier molecular flexibility index (Phi) is 8.80. The molecule has 9 heteroatoms. The molecule has 2 fully saturated rings. The molecule has 1 aromatic rings. The van der Waals surface area contributed by atoms with E-state index in [2.05, 4.69) is 10.0 Å². The molecule has 1 saturated heterocycles.